The molecule has 1 N–H and O–H groups in total. The van der Waals surface area contributed by atoms with Gasteiger partial charge in [-0.05, 0) is 61.0 Å². The number of carbonyl (C=O) groups excluding carboxylic acids is 1. The maximum absolute atomic E-state index is 12.6. The van der Waals surface area contributed by atoms with Gasteiger partial charge >= 0.3 is 0 Å². The van der Waals surface area contributed by atoms with Gasteiger partial charge in [-0.2, -0.15) is 5.10 Å². The van der Waals surface area contributed by atoms with E-state index >= 15 is 0 Å². The third-order valence-electron chi connectivity index (χ3n) is 4.76. The van der Waals surface area contributed by atoms with Crippen molar-refractivity contribution in [3.05, 3.63) is 101 Å². The minimum Gasteiger partial charge on any atom is -0.470 e. The Morgan fingerprint density at radius 3 is 2.52 bits per heavy atom. The van der Waals surface area contributed by atoms with E-state index < -0.39 is 0 Å². The van der Waals surface area contributed by atoms with Crippen LogP contribution < -0.4 is 10.1 Å². The van der Waals surface area contributed by atoms with Crippen LogP contribution in [0.25, 0.3) is 5.69 Å². The highest BCUT2D eigenvalue weighted by Gasteiger charge is 2.14. The fourth-order valence-electron chi connectivity index (χ4n) is 3.08. The van der Waals surface area contributed by atoms with Crippen molar-refractivity contribution in [2.45, 2.75) is 19.7 Å². The molecule has 0 saturated carbocycles. The highest BCUT2D eigenvalue weighted by atomic mass is 35.5. The molecule has 0 saturated heterocycles. The summed E-state index contributed by atoms with van der Waals surface area (Å²) in [5.41, 5.74) is 2.37. The van der Waals surface area contributed by atoms with Gasteiger partial charge in [0.15, 0.2) is 6.73 Å². The van der Waals surface area contributed by atoms with Crippen molar-refractivity contribution in [2.24, 2.45) is 0 Å². The Labute approximate surface area is 190 Å². The van der Waals surface area contributed by atoms with Crippen molar-refractivity contribution >= 4 is 29.1 Å². The van der Waals surface area contributed by atoms with Crippen molar-refractivity contribution in [1.82, 2.24) is 19.7 Å². The maximum atomic E-state index is 12.6. The summed E-state index contributed by atoms with van der Waals surface area (Å²) < 4.78 is 9.19. The molecule has 0 bridgehead atoms. The molecule has 8 heteroatoms. The molecular formula is C23H20Cl2N4O2. The number of hydrogen-bond acceptors (Lipinski definition) is 3. The summed E-state index contributed by atoms with van der Waals surface area (Å²) >= 11 is 12.0. The molecule has 2 heterocycles. The van der Waals surface area contributed by atoms with Crippen molar-refractivity contribution in [3.8, 4) is 11.4 Å². The summed E-state index contributed by atoms with van der Waals surface area (Å²) in [6, 6.07) is 18.5. The van der Waals surface area contributed by atoms with E-state index in [4.69, 9.17) is 27.9 Å². The van der Waals surface area contributed by atoms with Gasteiger partial charge in [-0.3, -0.25) is 4.79 Å². The summed E-state index contributed by atoms with van der Waals surface area (Å²) in [6.07, 6.45) is 5.65. The Kier molecular flexibility index (Phi) is 6.30. The fourth-order valence-corrected chi connectivity index (χ4v) is 3.54. The standard InChI is InChI=1S/C23H20Cl2N4O2/c1-16(17-4-7-19(8-5-17)28-11-2-3-12-28)26-23(30)21-10-13-29(27-21)15-31-22-9-6-18(24)14-20(22)25/h2-14,16H,15H2,1H3,(H,26,30). The molecule has 0 aliphatic rings. The molecule has 0 aliphatic heterocycles. The number of nitrogens with one attached hydrogen (secondary N) is 1. The number of amides is 1. The molecule has 0 spiro atoms. The highest BCUT2D eigenvalue weighted by Crippen LogP contribution is 2.27. The largest absolute Gasteiger partial charge is 0.470 e. The zero-order valence-corrected chi connectivity index (χ0v) is 18.2. The molecule has 1 unspecified atom stereocenters. The van der Waals surface area contributed by atoms with Crippen LogP contribution in [0.1, 0.15) is 29.0 Å². The highest BCUT2D eigenvalue weighted by molar-refractivity contribution is 6.35. The van der Waals surface area contributed by atoms with Crippen LogP contribution in [-0.2, 0) is 6.73 Å². The molecule has 4 aromatic rings. The Balaban J connectivity index is 1.35. The number of ether oxygens (including phenoxy) is 1. The van der Waals surface area contributed by atoms with E-state index in [0.29, 0.717) is 21.5 Å². The predicted molar refractivity (Wildman–Crippen MR) is 121 cm³/mol. The van der Waals surface area contributed by atoms with Crippen molar-refractivity contribution in [3.63, 3.8) is 0 Å². The quantitative estimate of drug-likeness (QED) is 0.400. The fraction of sp³-hybridized carbons (Fsp3) is 0.130. The Hall–Kier alpha value is -3.22. The molecule has 0 radical (unpaired) electrons. The first-order valence-electron chi connectivity index (χ1n) is 9.65. The molecule has 158 valence electrons. The van der Waals surface area contributed by atoms with Crippen LogP contribution in [0.15, 0.2) is 79.3 Å². The average Bonchev–Trinajstić information content (AvgIpc) is 3.46. The second-order valence-corrected chi connectivity index (χ2v) is 7.81. The van der Waals surface area contributed by atoms with Crippen LogP contribution in [0.2, 0.25) is 10.0 Å². The van der Waals surface area contributed by atoms with Crippen molar-refractivity contribution < 1.29 is 9.53 Å². The van der Waals surface area contributed by atoms with E-state index in [2.05, 4.69) is 10.4 Å². The molecule has 0 fully saturated rings. The van der Waals surface area contributed by atoms with E-state index in [1.165, 1.54) is 4.68 Å². The summed E-state index contributed by atoms with van der Waals surface area (Å²) in [7, 11) is 0. The van der Waals surface area contributed by atoms with E-state index in [-0.39, 0.29) is 18.7 Å². The molecule has 0 aliphatic carbocycles. The van der Waals surface area contributed by atoms with Gasteiger partial charge in [0.05, 0.1) is 11.1 Å². The number of benzene rings is 2. The van der Waals surface area contributed by atoms with Gasteiger partial charge in [0, 0.05) is 29.3 Å². The molecule has 2 aromatic heterocycles. The van der Waals surface area contributed by atoms with Gasteiger partial charge < -0.3 is 14.6 Å². The van der Waals surface area contributed by atoms with Crippen LogP contribution >= 0.6 is 23.2 Å². The van der Waals surface area contributed by atoms with Gasteiger partial charge in [-0.1, -0.05) is 35.3 Å². The molecule has 31 heavy (non-hydrogen) atoms. The number of nitrogens with zero attached hydrogens (tertiary/aromatic N) is 3. The Morgan fingerprint density at radius 1 is 1.06 bits per heavy atom. The second-order valence-electron chi connectivity index (χ2n) is 6.97. The van der Waals surface area contributed by atoms with Crippen LogP contribution in [0.4, 0.5) is 0 Å². The van der Waals surface area contributed by atoms with Gasteiger partial charge in [0.2, 0.25) is 0 Å². The molecular weight excluding hydrogens is 435 g/mol. The summed E-state index contributed by atoms with van der Waals surface area (Å²) in [4.78, 5) is 12.6. The first-order valence-corrected chi connectivity index (χ1v) is 10.4. The maximum Gasteiger partial charge on any atom is 0.272 e. The van der Waals surface area contributed by atoms with Gasteiger partial charge in [-0.25, -0.2) is 4.68 Å². The monoisotopic (exact) mass is 454 g/mol. The minimum atomic E-state index is -0.259. The number of hydrogen-bond donors (Lipinski definition) is 1. The topological polar surface area (TPSA) is 61.1 Å². The number of rotatable bonds is 7. The second kappa shape index (κ2) is 9.29. The first kappa shape index (κ1) is 21.0. The van der Waals surface area contributed by atoms with E-state index in [0.717, 1.165) is 11.3 Å². The third kappa shape index (κ3) is 5.10. The zero-order chi connectivity index (χ0) is 21.8. The Bertz CT molecular complexity index is 1170. The molecule has 1 amide bonds. The number of halogens is 2. The molecule has 2 aromatic carbocycles. The van der Waals surface area contributed by atoms with Crippen molar-refractivity contribution in [2.75, 3.05) is 0 Å². The van der Waals surface area contributed by atoms with E-state index in [9.17, 15) is 4.79 Å². The van der Waals surface area contributed by atoms with Crippen molar-refractivity contribution in [1.29, 1.82) is 0 Å². The van der Waals surface area contributed by atoms with Crippen LogP contribution in [0.5, 0.6) is 5.75 Å². The lowest BCUT2D eigenvalue weighted by Crippen LogP contribution is -2.27. The van der Waals surface area contributed by atoms with Gasteiger partial charge in [0.25, 0.3) is 5.91 Å². The lowest BCUT2D eigenvalue weighted by atomic mass is 10.1. The van der Waals surface area contributed by atoms with Crippen LogP contribution in [-0.4, -0.2) is 20.3 Å². The molecule has 1 atom stereocenters. The summed E-state index contributed by atoms with van der Waals surface area (Å²) in [5.74, 6) is 0.231. The van der Waals surface area contributed by atoms with Crippen LogP contribution in [0, 0.1) is 0 Å². The molecule has 4 rings (SSSR count). The Morgan fingerprint density at radius 2 is 1.81 bits per heavy atom. The normalized spacial score (nSPS) is 11.8. The number of aromatic nitrogens is 3. The minimum absolute atomic E-state index is 0.116. The van der Waals surface area contributed by atoms with Gasteiger partial charge in [-0.15, -0.1) is 0 Å². The predicted octanol–water partition coefficient (Wildman–Crippen LogP) is 5.51. The summed E-state index contributed by atoms with van der Waals surface area (Å²) in [6.45, 7) is 2.05. The summed E-state index contributed by atoms with van der Waals surface area (Å²) in [5, 5.41) is 8.19. The van der Waals surface area contributed by atoms with E-state index in [1.54, 1.807) is 30.5 Å². The smallest absolute Gasteiger partial charge is 0.272 e. The number of carbonyl (C=O) groups is 1. The first-order chi connectivity index (χ1) is 15.0. The van der Waals surface area contributed by atoms with Crippen LogP contribution in [0.3, 0.4) is 0 Å². The lowest BCUT2D eigenvalue weighted by molar-refractivity contribution is 0.0932. The SMILES string of the molecule is CC(NC(=O)c1ccn(COc2ccc(Cl)cc2Cl)n1)c1ccc(-n2cccc2)cc1. The van der Waals surface area contributed by atoms with Gasteiger partial charge in [0.1, 0.15) is 11.4 Å². The average molecular weight is 455 g/mol. The zero-order valence-electron chi connectivity index (χ0n) is 16.7. The lowest BCUT2D eigenvalue weighted by Gasteiger charge is -2.14. The van der Waals surface area contributed by atoms with E-state index in [1.807, 2.05) is 60.3 Å². The molecule has 6 nitrogen and oxygen atoms in total. The third-order valence-corrected chi connectivity index (χ3v) is 5.29.